The van der Waals surface area contributed by atoms with E-state index in [4.69, 9.17) is 0 Å². The molecule has 0 spiro atoms. The van der Waals surface area contributed by atoms with E-state index in [1.54, 1.807) is 6.20 Å². The van der Waals surface area contributed by atoms with Crippen LogP contribution in [0.4, 0.5) is 5.69 Å². The maximum absolute atomic E-state index is 12.1. The molecule has 128 valence electrons. The summed E-state index contributed by atoms with van der Waals surface area (Å²) in [6.07, 6.45) is 1.69. The van der Waals surface area contributed by atoms with Crippen LogP contribution >= 0.6 is 0 Å². The van der Waals surface area contributed by atoms with Crippen molar-refractivity contribution in [3.05, 3.63) is 41.6 Å². The van der Waals surface area contributed by atoms with E-state index in [9.17, 15) is 10.1 Å². The molecule has 0 aliphatic carbocycles. The van der Waals surface area contributed by atoms with Crippen LogP contribution in [0.25, 0.3) is 0 Å². The number of aryl methyl sites for hydroxylation is 1. The van der Waals surface area contributed by atoms with Gasteiger partial charge in [0.05, 0.1) is 0 Å². The smallest absolute Gasteiger partial charge is 0.263 e. The molecule has 0 saturated carbocycles. The van der Waals surface area contributed by atoms with Crippen molar-refractivity contribution in [1.29, 1.82) is 5.26 Å². The van der Waals surface area contributed by atoms with E-state index in [-0.39, 0.29) is 17.0 Å². The summed E-state index contributed by atoms with van der Waals surface area (Å²) in [5.74, 6) is -0.314. The number of nitrogens with one attached hydrogen (secondary N) is 1. The lowest BCUT2D eigenvalue weighted by Crippen LogP contribution is -2.45. The number of amides is 1. The standard InChI is InChI=1S/C19H26N4O/c1-15-6-5-7-17(12-15)23-10-8-22(9-11-23)14-16(13-20)18(24)21-19(2,3)4/h5-7,12,14H,8-11H2,1-4H3,(H,21,24)/b16-14-. The molecule has 0 aromatic heterocycles. The molecule has 1 fully saturated rings. The second kappa shape index (κ2) is 7.39. The summed E-state index contributed by atoms with van der Waals surface area (Å²) in [6, 6.07) is 10.5. The average molecular weight is 326 g/mol. The Hall–Kier alpha value is -2.48. The Labute approximate surface area is 144 Å². The molecule has 1 amide bonds. The normalized spacial score (nSPS) is 15.9. The van der Waals surface area contributed by atoms with Crippen molar-refractivity contribution in [1.82, 2.24) is 10.2 Å². The third kappa shape index (κ3) is 5.02. The van der Waals surface area contributed by atoms with Gasteiger partial charge in [0, 0.05) is 43.6 Å². The maximum Gasteiger partial charge on any atom is 0.263 e. The predicted molar refractivity (Wildman–Crippen MR) is 96.6 cm³/mol. The molecule has 1 N–H and O–H groups in total. The highest BCUT2D eigenvalue weighted by atomic mass is 16.1. The van der Waals surface area contributed by atoms with Crippen molar-refractivity contribution in [2.24, 2.45) is 0 Å². The van der Waals surface area contributed by atoms with Gasteiger partial charge in [-0.2, -0.15) is 5.26 Å². The molecule has 5 nitrogen and oxygen atoms in total. The SMILES string of the molecule is Cc1cccc(N2CCN(/C=C(/C#N)C(=O)NC(C)(C)C)CC2)c1. The van der Waals surface area contributed by atoms with Gasteiger partial charge in [0.15, 0.2) is 0 Å². The van der Waals surface area contributed by atoms with Crippen LogP contribution in [0.2, 0.25) is 0 Å². The zero-order valence-corrected chi connectivity index (χ0v) is 15.0. The minimum Gasteiger partial charge on any atom is -0.373 e. The van der Waals surface area contributed by atoms with E-state index in [1.807, 2.05) is 31.7 Å². The molecule has 5 heteroatoms. The van der Waals surface area contributed by atoms with E-state index < -0.39 is 0 Å². The van der Waals surface area contributed by atoms with Crippen molar-refractivity contribution in [2.75, 3.05) is 31.1 Å². The van der Waals surface area contributed by atoms with Crippen LogP contribution in [0.15, 0.2) is 36.0 Å². The van der Waals surface area contributed by atoms with Gasteiger partial charge in [-0.3, -0.25) is 4.79 Å². The first-order chi connectivity index (χ1) is 11.3. The lowest BCUT2D eigenvalue weighted by atomic mass is 10.1. The summed E-state index contributed by atoms with van der Waals surface area (Å²) in [5, 5.41) is 12.1. The molecule has 1 aromatic rings. The summed E-state index contributed by atoms with van der Waals surface area (Å²) in [5.41, 5.74) is 2.29. The second-order valence-electron chi connectivity index (χ2n) is 7.22. The second-order valence-corrected chi connectivity index (χ2v) is 7.22. The molecule has 1 aliphatic heterocycles. The number of nitrogens with zero attached hydrogens (tertiary/aromatic N) is 3. The van der Waals surface area contributed by atoms with E-state index in [0.29, 0.717) is 0 Å². The van der Waals surface area contributed by atoms with Gasteiger partial charge in [0.1, 0.15) is 11.6 Å². The van der Waals surface area contributed by atoms with E-state index >= 15 is 0 Å². The number of piperazine rings is 1. The molecule has 24 heavy (non-hydrogen) atoms. The predicted octanol–water partition coefficient (Wildman–Crippen LogP) is 2.44. The van der Waals surface area contributed by atoms with Crippen LogP contribution in [0.3, 0.4) is 0 Å². The largest absolute Gasteiger partial charge is 0.373 e. The van der Waals surface area contributed by atoms with Crippen LogP contribution in [-0.4, -0.2) is 42.5 Å². The Morgan fingerprint density at radius 2 is 1.92 bits per heavy atom. The number of benzene rings is 1. The van der Waals surface area contributed by atoms with Crippen molar-refractivity contribution >= 4 is 11.6 Å². The van der Waals surface area contributed by atoms with Crippen LogP contribution in [0.1, 0.15) is 26.3 Å². The van der Waals surface area contributed by atoms with Gasteiger partial charge in [-0.1, -0.05) is 12.1 Å². The monoisotopic (exact) mass is 326 g/mol. The molecular weight excluding hydrogens is 300 g/mol. The highest BCUT2D eigenvalue weighted by Gasteiger charge is 2.20. The lowest BCUT2D eigenvalue weighted by molar-refractivity contribution is -0.118. The Kier molecular flexibility index (Phi) is 5.50. The molecule has 0 atom stereocenters. The Morgan fingerprint density at radius 1 is 1.25 bits per heavy atom. The summed E-state index contributed by atoms with van der Waals surface area (Å²) in [7, 11) is 0. The van der Waals surface area contributed by atoms with Crippen molar-refractivity contribution in [2.45, 2.75) is 33.2 Å². The third-order valence-corrected chi connectivity index (χ3v) is 3.85. The van der Waals surface area contributed by atoms with Crippen LogP contribution in [0.5, 0.6) is 0 Å². The molecule has 1 heterocycles. The number of carbonyl (C=O) groups is 1. The first-order valence-corrected chi connectivity index (χ1v) is 8.28. The zero-order chi connectivity index (χ0) is 17.7. The molecule has 0 bridgehead atoms. The molecule has 0 radical (unpaired) electrons. The quantitative estimate of drug-likeness (QED) is 0.685. The molecule has 0 unspecified atom stereocenters. The Morgan fingerprint density at radius 3 is 2.46 bits per heavy atom. The minimum atomic E-state index is -0.350. The molecule has 1 aliphatic rings. The number of hydrogen-bond acceptors (Lipinski definition) is 4. The number of nitriles is 1. The fourth-order valence-corrected chi connectivity index (χ4v) is 2.66. The van der Waals surface area contributed by atoms with E-state index in [2.05, 4.69) is 41.4 Å². The fourth-order valence-electron chi connectivity index (χ4n) is 2.66. The first-order valence-electron chi connectivity index (χ1n) is 8.28. The van der Waals surface area contributed by atoms with Gasteiger partial charge in [-0.05, 0) is 45.4 Å². The number of carbonyl (C=O) groups excluding carboxylic acids is 1. The van der Waals surface area contributed by atoms with Gasteiger partial charge in [0.25, 0.3) is 5.91 Å². The fraction of sp³-hybridized carbons (Fsp3) is 0.474. The first kappa shape index (κ1) is 17.9. The number of rotatable bonds is 3. The van der Waals surface area contributed by atoms with Gasteiger partial charge in [-0.15, -0.1) is 0 Å². The van der Waals surface area contributed by atoms with Crippen LogP contribution in [0, 0.1) is 18.3 Å². The zero-order valence-electron chi connectivity index (χ0n) is 15.0. The molecule has 1 saturated heterocycles. The van der Waals surface area contributed by atoms with E-state index in [1.165, 1.54) is 11.3 Å². The summed E-state index contributed by atoms with van der Waals surface area (Å²) >= 11 is 0. The summed E-state index contributed by atoms with van der Waals surface area (Å²) in [6.45, 7) is 11.1. The van der Waals surface area contributed by atoms with Gasteiger partial charge in [0.2, 0.25) is 0 Å². The summed E-state index contributed by atoms with van der Waals surface area (Å²) in [4.78, 5) is 16.5. The lowest BCUT2D eigenvalue weighted by Gasteiger charge is -2.35. The molecular formula is C19H26N4O. The van der Waals surface area contributed by atoms with E-state index in [0.717, 1.165) is 26.2 Å². The minimum absolute atomic E-state index is 0.161. The van der Waals surface area contributed by atoms with Crippen molar-refractivity contribution in [3.63, 3.8) is 0 Å². The van der Waals surface area contributed by atoms with Gasteiger partial charge >= 0.3 is 0 Å². The third-order valence-electron chi connectivity index (χ3n) is 3.85. The summed E-state index contributed by atoms with van der Waals surface area (Å²) < 4.78 is 0. The molecule has 1 aromatic carbocycles. The topological polar surface area (TPSA) is 59.4 Å². The number of hydrogen-bond donors (Lipinski definition) is 1. The highest BCUT2D eigenvalue weighted by Crippen LogP contribution is 2.18. The Balaban J connectivity index is 1.98. The Bertz CT molecular complexity index is 659. The van der Waals surface area contributed by atoms with Crippen molar-refractivity contribution in [3.8, 4) is 6.07 Å². The average Bonchev–Trinajstić information content (AvgIpc) is 2.51. The maximum atomic E-state index is 12.1. The van der Waals surface area contributed by atoms with Crippen molar-refractivity contribution < 1.29 is 4.79 Å². The van der Waals surface area contributed by atoms with Crippen LogP contribution in [-0.2, 0) is 4.79 Å². The van der Waals surface area contributed by atoms with Crippen LogP contribution < -0.4 is 10.2 Å². The highest BCUT2D eigenvalue weighted by molar-refractivity contribution is 5.97. The van der Waals surface area contributed by atoms with Gasteiger partial charge < -0.3 is 15.1 Å². The molecule has 2 rings (SSSR count). The number of anilines is 1. The van der Waals surface area contributed by atoms with Gasteiger partial charge in [-0.25, -0.2) is 0 Å².